The zero-order valence-corrected chi connectivity index (χ0v) is 10.1. The van der Waals surface area contributed by atoms with Crippen LogP contribution >= 0.6 is 11.6 Å². The monoisotopic (exact) mass is 237 g/mol. The lowest BCUT2D eigenvalue weighted by Gasteiger charge is -2.21. The Balaban J connectivity index is 1.96. The molecule has 1 unspecified atom stereocenters. The molecule has 1 aliphatic rings. The summed E-state index contributed by atoms with van der Waals surface area (Å²) in [5.41, 5.74) is 2.18. The second kappa shape index (κ2) is 5.26. The van der Waals surface area contributed by atoms with Gasteiger partial charge in [0.25, 0.3) is 0 Å². The number of halogens is 1. The Morgan fingerprint density at radius 3 is 3.06 bits per heavy atom. The van der Waals surface area contributed by atoms with Gasteiger partial charge in [-0.25, -0.2) is 0 Å². The molecule has 1 heterocycles. The van der Waals surface area contributed by atoms with Gasteiger partial charge in [-0.05, 0) is 37.5 Å². The molecule has 0 amide bonds. The van der Waals surface area contributed by atoms with Crippen molar-refractivity contribution < 1.29 is 4.74 Å². The summed E-state index contributed by atoms with van der Waals surface area (Å²) in [5.74, 6) is 0. The van der Waals surface area contributed by atoms with Crippen LogP contribution in [-0.4, -0.2) is 12.6 Å². The summed E-state index contributed by atoms with van der Waals surface area (Å²) in [6, 6.07) is 5.91. The van der Waals surface area contributed by atoms with Crippen LogP contribution in [0.1, 0.15) is 18.4 Å². The Labute approximate surface area is 101 Å². The van der Waals surface area contributed by atoms with E-state index in [1.54, 1.807) is 6.26 Å². The zero-order valence-electron chi connectivity index (χ0n) is 9.37. The standard InChI is InChI=1S/C13H16ClNO/c1-10-5-4-7-12(14)13(10)15-9-11-6-2-3-8-16-11/h3-5,7-8,11,15H,2,6,9H2,1H3. The average molecular weight is 238 g/mol. The molecule has 0 saturated heterocycles. The normalized spacial score (nSPS) is 19.2. The number of allylic oxidation sites excluding steroid dienone is 1. The third-order valence-electron chi connectivity index (χ3n) is 2.75. The molecule has 16 heavy (non-hydrogen) atoms. The molecule has 1 aromatic rings. The van der Waals surface area contributed by atoms with E-state index in [1.165, 1.54) is 5.56 Å². The van der Waals surface area contributed by atoms with Gasteiger partial charge in [0.05, 0.1) is 23.5 Å². The van der Waals surface area contributed by atoms with Gasteiger partial charge in [-0.1, -0.05) is 23.7 Å². The van der Waals surface area contributed by atoms with Crippen LogP contribution in [0.5, 0.6) is 0 Å². The summed E-state index contributed by atoms with van der Waals surface area (Å²) in [7, 11) is 0. The van der Waals surface area contributed by atoms with Crippen LogP contribution in [-0.2, 0) is 4.74 Å². The molecular weight excluding hydrogens is 222 g/mol. The van der Waals surface area contributed by atoms with Gasteiger partial charge in [0, 0.05) is 0 Å². The van der Waals surface area contributed by atoms with E-state index in [1.807, 2.05) is 12.1 Å². The van der Waals surface area contributed by atoms with E-state index in [-0.39, 0.29) is 6.10 Å². The number of rotatable bonds is 3. The van der Waals surface area contributed by atoms with Gasteiger partial charge in [-0.3, -0.25) is 0 Å². The molecule has 0 spiro atoms. The predicted molar refractivity (Wildman–Crippen MR) is 67.9 cm³/mol. The van der Waals surface area contributed by atoms with Crippen LogP contribution in [0.25, 0.3) is 0 Å². The third kappa shape index (κ3) is 2.70. The van der Waals surface area contributed by atoms with Crippen LogP contribution in [0.4, 0.5) is 5.69 Å². The fourth-order valence-corrected chi connectivity index (χ4v) is 2.10. The van der Waals surface area contributed by atoms with Crippen LogP contribution in [0, 0.1) is 6.92 Å². The van der Waals surface area contributed by atoms with Gasteiger partial charge in [0.15, 0.2) is 0 Å². The molecule has 1 aromatic carbocycles. The van der Waals surface area contributed by atoms with E-state index >= 15 is 0 Å². The summed E-state index contributed by atoms with van der Waals surface area (Å²) in [4.78, 5) is 0. The van der Waals surface area contributed by atoms with Crippen molar-refractivity contribution in [3.05, 3.63) is 41.1 Å². The molecule has 0 saturated carbocycles. The molecule has 1 aliphatic heterocycles. The summed E-state index contributed by atoms with van der Waals surface area (Å²) in [6.07, 6.45) is 6.24. The summed E-state index contributed by atoms with van der Waals surface area (Å²) in [5, 5.41) is 4.13. The molecule has 1 atom stereocenters. The number of hydrogen-bond acceptors (Lipinski definition) is 2. The lowest BCUT2D eigenvalue weighted by molar-refractivity contribution is 0.135. The van der Waals surface area contributed by atoms with Crippen molar-refractivity contribution in [1.82, 2.24) is 0 Å². The maximum Gasteiger partial charge on any atom is 0.115 e. The number of para-hydroxylation sites is 1. The molecule has 0 fully saturated rings. The second-order valence-electron chi connectivity index (χ2n) is 4.02. The first-order valence-corrected chi connectivity index (χ1v) is 5.94. The number of benzene rings is 1. The van der Waals surface area contributed by atoms with Gasteiger partial charge in [0.2, 0.25) is 0 Å². The summed E-state index contributed by atoms with van der Waals surface area (Å²) >= 11 is 6.13. The van der Waals surface area contributed by atoms with Crippen molar-refractivity contribution >= 4 is 17.3 Å². The Bertz CT molecular complexity index is 369. The first-order chi connectivity index (χ1) is 7.77. The molecule has 2 nitrogen and oxygen atoms in total. The highest BCUT2D eigenvalue weighted by Crippen LogP contribution is 2.25. The first kappa shape index (κ1) is 11.3. The van der Waals surface area contributed by atoms with Crippen molar-refractivity contribution in [2.45, 2.75) is 25.9 Å². The fourth-order valence-electron chi connectivity index (χ4n) is 1.81. The number of hydrogen-bond donors (Lipinski definition) is 1. The first-order valence-electron chi connectivity index (χ1n) is 5.57. The van der Waals surface area contributed by atoms with E-state index in [0.717, 1.165) is 30.1 Å². The van der Waals surface area contributed by atoms with Crippen molar-refractivity contribution in [3.63, 3.8) is 0 Å². The third-order valence-corrected chi connectivity index (χ3v) is 3.07. The minimum atomic E-state index is 0.251. The maximum absolute atomic E-state index is 6.13. The SMILES string of the molecule is Cc1cccc(Cl)c1NCC1CCC=CO1. The zero-order chi connectivity index (χ0) is 11.4. The van der Waals surface area contributed by atoms with Gasteiger partial charge in [-0.15, -0.1) is 0 Å². The van der Waals surface area contributed by atoms with Crippen LogP contribution in [0.15, 0.2) is 30.5 Å². The Morgan fingerprint density at radius 2 is 2.38 bits per heavy atom. The Kier molecular flexibility index (Phi) is 3.73. The van der Waals surface area contributed by atoms with Gasteiger partial charge >= 0.3 is 0 Å². The largest absolute Gasteiger partial charge is 0.497 e. The molecule has 3 heteroatoms. The number of nitrogens with one attached hydrogen (secondary N) is 1. The Morgan fingerprint density at radius 1 is 1.50 bits per heavy atom. The van der Waals surface area contributed by atoms with E-state index < -0.39 is 0 Å². The highest BCUT2D eigenvalue weighted by atomic mass is 35.5. The molecule has 86 valence electrons. The molecule has 0 bridgehead atoms. The minimum Gasteiger partial charge on any atom is -0.497 e. The van der Waals surface area contributed by atoms with E-state index in [0.29, 0.717) is 0 Å². The van der Waals surface area contributed by atoms with Gasteiger partial charge in [0.1, 0.15) is 6.10 Å². The van der Waals surface area contributed by atoms with Crippen molar-refractivity contribution in [3.8, 4) is 0 Å². The van der Waals surface area contributed by atoms with Crippen LogP contribution in [0.3, 0.4) is 0 Å². The smallest absolute Gasteiger partial charge is 0.115 e. The second-order valence-corrected chi connectivity index (χ2v) is 4.43. The van der Waals surface area contributed by atoms with E-state index in [9.17, 15) is 0 Å². The molecule has 0 aliphatic carbocycles. The van der Waals surface area contributed by atoms with Crippen LogP contribution in [0.2, 0.25) is 5.02 Å². The van der Waals surface area contributed by atoms with Crippen molar-refractivity contribution in [1.29, 1.82) is 0 Å². The molecule has 1 N–H and O–H groups in total. The number of anilines is 1. The van der Waals surface area contributed by atoms with Crippen molar-refractivity contribution in [2.75, 3.05) is 11.9 Å². The Hall–Kier alpha value is -1.15. The highest BCUT2D eigenvalue weighted by Gasteiger charge is 2.11. The highest BCUT2D eigenvalue weighted by molar-refractivity contribution is 6.33. The lowest BCUT2D eigenvalue weighted by atomic mass is 10.1. The van der Waals surface area contributed by atoms with Gasteiger partial charge in [-0.2, -0.15) is 0 Å². The quantitative estimate of drug-likeness (QED) is 0.865. The number of ether oxygens (including phenoxy) is 1. The summed E-state index contributed by atoms with van der Waals surface area (Å²) in [6.45, 7) is 2.85. The summed E-state index contributed by atoms with van der Waals surface area (Å²) < 4.78 is 5.49. The van der Waals surface area contributed by atoms with E-state index in [2.05, 4.69) is 24.4 Å². The maximum atomic E-state index is 6.13. The van der Waals surface area contributed by atoms with E-state index in [4.69, 9.17) is 16.3 Å². The van der Waals surface area contributed by atoms with Gasteiger partial charge < -0.3 is 10.1 Å². The number of aryl methyl sites for hydroxylation is 1. The van der Waals surface area contributed by atoms with Crippen molar-refractivity contribution in [2.24, 2.45) is 0 Å². The molecular formula is C13H16ClNO. The van der Waals surface area contributed by atoms with Crippen LogP contribution < -0.4 is 5.32 Å². The minimum absolute atomic E-state index is 0.251. The predicted octanol–water partition coefficient (Wildman–Crippen LogP) is 3.75. The topological polar surface area (TPSA) is 21.3 Å². The molecule has 0 aromatic heterocycles. The fraction of sp³-hybridized carbons (Fsp3) is 0.385. The lowest BCUT2D eigenvalue weighted by Crippen LogP contribution is -2.23. The molecule has 0 radical (unpaired) electrons. The average Bonchev–Trinajstić information content (AvgIpc) is 2.30. The molecule has 2 rings (SSSR count).